The minimum Gasteiger partial charge on any atom is -0.465 e. The van der Waals surface area contributed by atoms with Crippen molar-refractivity contribution in [2.75, 3.05) is 26.2 Å². The summed E-state index contributed by atoms with van der Waals surface area (Å²) >= 11 is 0. The molecule has 1 N–H and O–H groups in total. The Bertz CT molecular complexity index is 375. The lowest BCUT2D eigenvalue weighted by molar-refractivity contribution is -0.0859. The highest BCUT2D eigenvalue weighted by atomic mass is 16.5. The van der Waals surface area contributed by atoms with Crippen molar-refractivity contribution < 1.29 is 9.15 Å². The fourth-order valence-corrected chi connectivity index (χ4v) is 2.86. The Morgan fingerprint density at radius 2 is 2.41 bits per heavy atom. The van der Waals surface area contributed by atoms with Gasteiger partial charge in [0.1, 0.15) is 11.5 Å². The molecule has 17 heavy (non-hydrogen) atoms. The Kier molecular flexibility index (Phi) is 3.18. The Hall–Kier alpha value is -0.840. The van der Waals surface area contributed by atoms with E-state index in [0.29, 0.717) is 12.1 Å². The van der Waals surface area contributed by atoms with Crippen molar-refractivity contribution >= 4 is 0 Å². The first-order valence-electron chi connectivity index (χ1n) is 6.44. The van der Waals surface area contributed by atoms with Gasteiger partial charge < -0.3 is 14.5 Å². The number of aryl methyl sites for hydroxylation is 1. The topological polar surface area (TPSA) is 37.6 Å². The van der Waals surface area contributed by atoms with Gasteiger partial charge in [-0.2, -0.15) is 0 Å². The van der Waals surface area contributed by atoms with Gasteiger partial charge in [0.15, 0.2) is 0 Å². The van der Waals surface area contributed by atoms with E-state index < -0.39 is 0 Å². The van der Waals surface area contributed by atoms with Gasteiger partial charge in [0.2, 0.25) is 0 Å². The quantitative estimate of drug-likeness (QED) is 0.836. The minimum atomic E-state index is 0.355. The standard InChI is InChI=1S/C13H20N2O2/c1-10-2-3-11(17-10)9-15-6-7-16-13-8-14-5-4-12(13)15/h2-3,12-14H,4-9H2,1H3/t12-,13+/m1/s1. The number of furan rings is 1. The van der Waals surface area contributed by atoms with Crippen LogP contribution in [0.5, 0.6) is 0 Å². The lowest BCUT2D eigenvalue weighted by Crippen LogP contribution is -2.57. The summed E-state index contributed by atoms with van der Waals surface area (Å²) in [6, 6.07) is 4.67. The van der Waals surface area contributed by atoms with Gasteiger partial charge in [0, 0.05) is 19.1 Å². The SMILES string of the molecule is Cc1ccc(CN2CCO[C@H]3CNCC[C@H]32)o1. The highest BCUT2D eigenvalue weighted by Crippen LogP contribution is 2.22. The number of morpholine rings is 1. The third-order valence-electron chi connectivity index (χ3n) is 3.73. The van der Waals surface area contributed by atoms with Gasteiger partial charge in [0.25, 0.3) is 0 Å². The summed E-state index contributed by atoms with van der Waals surface area (Å²) in [5, 5.41) is 3.40. The average molecular weight is 236 g/mol. The number of fused-ring (bicyclic) bond motifs is 1. The molecule has 0 unspecified atom stereocenters. The molecule has 0 radical (unpaired) electrons. The van der Waals surface area contributed by atoms with Crippen LogP contribution in [0.15, 0.2) is 16.5 Å². The molecule has 2 atom stereocenters. The van der Waals surface area contributed by atoms with Gasteiger partial charge in [-0.15, -0.1) is 0 Å². The van der Waals surface area contributed by atoms with Crippen molar-refractivity contribution in [2.24, 2.45) is 0 Å². The Labute approximate surface area is 102 Å². The molecule has 2 aliphatic rings. The summed E-state index contributed by atoms with van der Waals surface area (Å²) in [5.74, 6) is 2.07. The van der Waals surface area contributed by atoms with Gasteiger partial charge >= 0.3 is 0 Å². The molecule has 4 heteroatoms. The van der Waals surface area contributed by atoms with E-state index in [0.717, 1.165) is 44.3 Å². The lowest BCUT2D eigenvalue weighted by atomic mass is 10.00. The van der Waals surface area contributed by atoms with Crippen molar-refractivity contribution in [1.82, 2.24) is 10.2 Å². The van der Waals surface area contributed by atoms with E-state index in [1.54, 1.807) is 0 Å². The summed E-state index contributed by atoms with van der Waals surface area (Å²) in [5.41, 5.74) is 0. The monoisotopic (exact) mass is 236 g/mol. The summed E-state index contributed by atoms with van der Waals surface area (Å²) in [6.07, 6.45) is 1.53. The van der Waals surface area contributed by atoms with E-state index in [1.807, 2.05) is 13.0 Å². The van der Waals surface area contributed by atoms with Crippen molar-refractivity contribution in [1.29, 1.82) is 0 Å². The first kappa shape index (κ1) is 11.3. The number of hydrogen-bond donors (Lipinski definition) is 1. The van der Waals surface area contributed by atoms with E-state index >= 15 is 0 Å². The first-order valence-corrected chi connectivity index (χ1v) is 6.44. The van der Waals surface area contributed by atoms with Gasteiger partial charge in [-0.25, -0.2) is 0 Å². The molecule has 1 aromatic rings. The lowest BCUT2D eigenvalue weighted by Gasteiger charge is -2.43. The van der Waals surface area contributed by atoms with E-state index in [1.165, 1.54) is 6.42 Å². The van der Waals surface area contributed by atoms with Crippen LogP contribution >= 0.6 is 0 Å². The molecule has 0 saturated carbocycles. The molecule has 0 aromatic carbocycles. The fourth-order valence-electron chi connectivity index (χ4n) is 2.86. The van der Waals surface area contributed by atoms with Crippen LogP contribution in [0.4, 0.5) is 0 Å². The van der Waals surface area contributed by atoms with Crippen LogP contribution in [0, 0.1) is 6.92 Å². The largest absolute Gasteiger partial charge is 0.465 e. The Balaban J connectivity index is 1.68. The summed E-state index contributed by atoms with van der Waals surface area (Å²) in [4.78, 5) is 2.51. The maximum Gasteiger partial charge on any atom is 0.118 e. The highest BCUT2D eigenvalue weighted by Gasteiger charge is 2.34. The second kappa shape index (κ2) is 4.80. The number of hydrogen-bond acceptors (Lipinski definition) is 4. The normalized spacial score (nSPS) is 30.2. The predicted molar refractivity (Wildman–Crippen MR) is 64.9 cm³/mol. The molecule has 0 spiro atoms. The molecule has 2 aliphatic heterocycles. The van der Waals surface area contributed by atoms with Crippen molar-refractivity contribution in [2.45, 2.75) is 32.0 Å². The number of rotatable bonds is 2. The zero-order valence-corrected chi connectivity index (χ0v) is 10.3. The maximum absolute atomic E-state index is 5.82. The molecule has 3 rings (SSSR count). The highest BCUT2D eigenvalue weighted by molar-refractivity contribution is 5.06. The molecule has 0 aliphatic carbocycles. The van der Waals surface area contributed by atoms with Crippen LogP contribution in [0.3, 0.4) is 0 Å². The van der Waals surface area contributed by atoms with Crippen LogP contribution in [0.1, 0.15) is 17.9 Å². The molecule has 0 bridgehead atoms. The smallest absolute Gasteiger partial charge is 0.118 e. The van der Waals surface area contributed by atoms with Crippen molar-refractivity contribution in [3.05, 3.63) is 23.7 Å². The summed E-state index contributed by atoms with van der Waals surface area (Å²) < 4.78 is 11.5. The molecule has 0 amide bonds. The van der Waals surface area contributed by atoms with Crippen LogP contribution in [0.2, 0.25) is 0 Å². The maximum atomic E-state index is 5.82. The van der Waals surface area contributed by atoms with Crippen LogP contribution in [0.25, 0.3) is 0 Å². The molecular formula is C13H20N2O2. The van der Waals surface area contributed by atoms with E-state index in [-0.39, 0.29) is 0 Å². The zero-order chi connectivity index (χ0) is 11.7. The average Bonchev–Trinajstić information content (AvgIpc) is 2.75. The second-order valence-corrected chi connectivity index (χ2v) is 4.95. The number of piperidine rings is 1. The van der Waals surface area contributed by atoms with Gasteiger partial charge in [-0.05, 0) is 32.0 Å². The summed E-state index contributed by atoms with van der Waals surface area (Å²) in [6.45, 7) is 6.84. The molecule has 2 saturated heterocycles. The van der Waals surface area contributed by atoms with Crippen molar-refractivity contribution in [3.8, 4) is 0 Å². The first-order chi connectivity index (χ1) is 8.33. The third kappa shape index (κ3) is 2.39. The molecule has 3 heterocycles. The molecule has 1 aromatic heterocycles. The van der Waals surface area contributed by atoms with Crippen LogP contribution in [-0.4, -0.2) is 43.3 Å². The second-order valence-electron chi connectivity index (χ2n) is 4.95. The van der Waals surface area contributed by atoms with E-state index in [2.05, 4.69) is 16.3 Å². The number of nitrogens with zero attached hydrogens (tertiary/aromatic N) is 1. The Morgan fingerprint density at radius 3 is 3.24 bits per heavy atom. The zero-order valence-electron chi connectivity index (χ0n) is 10.3. The number of ether oxygens (including phenoxy) is 1. The Morgan fingerprint density at radius 1 is 1.47 bits per heavy atom. The molecular weight excluding hydrogens is 216 g/mol. The van der Waals surface area contributed by atoms with Crippen molar-refractivity contribution in [3.63, 3.8) is 0 Å². The van der Waals surface area contributed by atoms with E-state index in [9.17, 15) is 0 Å². The van der Waals surface area contributed by atoms with Crippen LogP contribution < -0.4 is 5.32 Å². The van der Waals surface area contributed by atoms with Crippen LogP contribution in [-0.2, 0) is 11.3 Å². The van der Waals surface area contributed by atoms with Gasteiger partial charge in [-0.3, -0.25) is 4.90 Å². The molecule has 2 fully saturated rings. The van der Waals surface area contributed by atoms with Gasteiger partial charge in [-0.1, -0.05) is 0 Å². The fraction of sp³-hybridized carbons (Fsp3) is 0.692. The van der Waals surface area contributed by atoms with E-state index in [4.69, 9.17) is 9.15 Å². The predicted octanol–water partition coefficient (Wildman–Crippen LogP) is 1.15. The molecule has 94 valence electrons. The third-order valence-corrected chi connectivity index (χ3v) is 3.73. The van der Waals surface area contributed by atoms with Gasteiger partial charge in [0.05, 0.1) is 19.3 Å². The molecule has 4 nitrogen and oxygen atoms in total. The summed E-state index contributed by atoms with van der Waals surface area (Å²) in [7, 11) is 0. The number of nitrogens with one attached hydrogen (secondary N) is 1. The minimum absolute atomic E-state index is 0.355.